The van der Waals surface area contributed by atoms with E-state index < -0.39 is 5.97 Å². The van der Waals surface area contributed by atoms with E-state index in [1.807, 2.05) is 0 Å². The zero-order valence-electron chi connectivity index (χ0n) is 13.2. The monoisotopic (exact) mass is 281 g/mol. The lowest BCUT2D eigenvalue weighted by molar-refractivity contribution is -0.146. The third-order valence-electron chi connectivity index (χ3n) is 5.75. The van der Waals surface area contributed by atoms with E-state index in [0.29, 0.717) is 6.04 Å². The van der Waals surface area contributed by atoms with Gasteiger partial charge in [-0.1, -0.05) is 26.7 Å². The molecule has 20 heavy (non-hydrogen) atoms. The Bertz CT molecular complexity index is 318. The second-order valence-corrected chi connectivity index (χ2v) is 6.84. The largest absolute Gasteiger partial charge is 0.481 e. The molecule has 4 unspecified atom stereocenters. The average molecular weight is 281 g/mol. The van der Waals surface area contributed by atoms with E-state index in [2.05, 4.69) is 18.7 Å². The van der Waals surface area contributed by atoms with Crippen LogP contribution in [0.25, 0.3) is 0 Å². The van der Waals surface area contributed by atoms with Gasteiger partial charge in [0.1, 0.15) is 0 Å². The van der Waals surface area contributed by atoms with Crippen molar-refractivity contribution in [2.75, 3.05) is 13.1 Å². The van der Waals surface area contributed by atoms with Crippen molar-refractivity contribution in [1.29, 1.82) is 0 Å². The summed E-state index contributed by atoms with van der Waals surface area (Å²) in [6.07, 6.45) is 9.40. The summed E-state index contributed by atoms with van der Waals surface area (Å²) in [6, 6.07) is 0.293. The van der Waals surface area contributed by atoms with Crippen LogP contribution in [0.3, 0.4) is 0 Å². The molecule has 2 rings (SSSR count). The van der Waals surface area contributed by atoms with Gasteiger partial charge >= 0.3 is 5.97 Å². The molecule has 1 aliphatic heterocycles. The molecule has 2 fully saturated rings. The summed E-state index contributed by atoms with van der Waals surface area (Å²) >= 11 is 0. The highest BCUT2D eigenvalue weighted by atomic mass is 16.4. The fraction of sp³-hybridized carbons (Fsp3) is 0.941. The maximum atomic E-state index is 11.6. The number of likely N-dealkylation sites (tertiary alicyclic amines) is 1. The van der Waals surface area contributed by atoms with Crippen LogP contribution in [0.15, 0.2) is 0 Å². The molecule has 3 nitrogen and oxygen atoms in total. The zero-order chi connectivity index (χ0) is 14.5. The van der Waals surface area contributed by atoms with Crippen LogP contribution >= 0.6 is 0 Å². The molecular weight excluding hydrogens is 250 g/mol. The van der Waals surface area contributed by atoms with Gasteiger partial charge in [0.25, 0.3) is 0 Å². The Morgan fingerprint density at radius 3 is 2.45 bits per heavy atom. The predicted octanol–water partition coefficient (Wildman–Crippen LogP) is 3.78. The third-order valence-corrected chi connectivity index (χ3v) is 5.75. The Kier molecular flexibility index (Phi) is 5.88. The molecule has 0 radical (unpaired) electrons. The van der Waals surface area contributed by atoms with E-state index in [1.54, 1.807) is 0 Å². The molecule has 4 atom stereocenters. The Labute approximate surface area is 123 Å². The Morgan fingerprint density at radius 2 is 1.80 bits per heavy atom. The van der Waals surface area contributed by atoms with Crippen molar-refractivity contribution in [3.63, 3.8) is 0 Å². The topological polar surface area (TPSA) is 40.5 Å². The lowest BCUT2D eigenvalue weighted by Gasteiger charge is -2.40. The number of rotatable bonds is 4. The van der Waals surface area contributed by atoms with Gasteiger partial charge in [0.2, 0.25) is 0 Å². The smallest absolute Gasteiger partial charge is 0.308 e. The van der Waals surface area contributed by atoms with Crippen LogP contribution < -0.4 is 0 Å². The van der Waals surface area contributed by atoms with Crippen LogP contribution in [0.4, 0.5) is 0 Å². The molecule has 0 amide bonds. The lowest BCUT2D eigenvalue weighted by atomic mass is 9.76. The van der Waals surface area contributed by atoms with Crippen LogP contribution in [-0.2, 0) is 4.79 Å². The summed E-state index contributed by atoms with van der Waals surface area (Å²) in [5, 5.41) is 9.54. The number of carboxylic acids is 1. The molecule has 3 heteroatoms. The predicted molar refractivity (Wildman–Crippen MR) is 81.8 cm³/mol. The van der Waals surface area contributed by atoms with Crippen molar-refractivity contribution in [2.45, 2.75) is 71.3 Å². The van der Waals surface area contributed by atoms with Crippen molar-refractivity contribution < 1.29 is 9.90 Å². The number of nitrogens with zero attached hydrogens (tertiary/aromatic N) is 1. The molecule has 0 aromatic heterocycles. The quantitative estimate of drug-likeness (QED) is 0.852. The first kappa shape index (κ1) is 15.8. The standard InChI is InChI=1S/C17H31NO2/c1-3-13-6-5-10-18(11-9-13)16-12-14(4-2)7-8-15(16)17(19)20/h13-16H,3-12H2,1-2H3,(H,19,20). The molecule has 2 aliphatic rings. The summed E-state index contributed by atoms with van der Waals surface area (Å²) in [5.41, 5.74) is 0. The highest BCUT2D eigenvalue weighted by Gasteiger charge is 2.38. The number of hydrogen-bond donors (Lipinski definition) is 1. The van der Waals surface area contributed by atoms with Crippen LogP contribution in [0.1, 0.15) is 65.2 Å². The van der Waals surface area contributed by atoms with Crippen molar-refractivity contribution >= 4 is 5.97 Å². The molecule has 0 aromatic rings. The molecule has 0 spiro atoms. The Hall–Kier alpha value is -0.570. The highest BCUT2D eigenvalue weighted by Crippen LogP contribution is 2.35. The van der Waals surface area contributed by atoms with E-state index in [4.69, 9.17) is 0 Å². The van der Waals surface area contributed by atoms with Gasteiger partial charge in [0.05, 0.1) is 5.92 Å². The lowest BCUT2D eigenvalue weighted by Crippen LogP contribution is -2.47. The maximum absolute atomic E-state index is 11.6. The van der Waals surface area contributed by atoms with Gasteiger partial charge in [-0.25, -0.2) is 0 Å². The van der Waals surface area contributed by atoms with E-state index in [9.17, 15) is 9.90 Å². The van der Waals surface area contributed by atoms with Crippen LogP contribution in [0.5, 0.6) is 0 Å². The van der Waals surface area contributed by atoms with Crippen molar-refractivity contribution in [3.8, 4) is 0 Å². The molecule has 1 heterocycles. The summed E-state index contributed by atoms with van der Waals surface area (Å²) in [5.74, 6) is 0.895. The number of aliphatic carboxylic acids is 1. The van der Waals surface area contributed by atoms with E-state index in [1.165, 1.54) is 32.1 Å². The Morgan fingerprint density at radius 1 is 1.05 bits per heavy atom. The van der Waals surface area contributed by atoms with Crippen molar-refractivity contribution in [3.05, 3.63) is 0 Å². The minimum atomic E-state index is -0.569. The van der Waals surface area contributed by atoms with E-state index >= 15 is 0 Å². The van der Waals surface area contributed by atoms with Gasteiger partial charge in [-0.3, -0.25) is 9.69 Å². The van der Waals surface area contributed by atoms with Gasteiger partial charge in [-0.15, -0.1) is 0 Å². The van der Waals surface area contributed by atoms with Gasteiger partial charge in [-0.2, -0.15) is 0 Å². The minimum absolute atomic E-state index is 0.129. The van der Waals surface area contributed by atoms with Crippen LogP contribution in [-0.4, -0.2) is 35.1 Å². The summed E-state index contributed by atoms with van der Waals surface area (Å²) < 4.78 is 0. The average Bonchev–Trinajstić information content (AvgIpc) is 2.71. The summed E-state index contributed by atoms with van der Waals surface area (Å²) in [6.45, 7) is 6.76. The van der Waals surface area contributed by atoms with Crippen LogP contribution in [0.2, 0.25) is 0 Å². The summed E-state index contributed by atoms with van der Waals surface area (Å²) in [7, 11) is 0. The van der Waals surface area contributed by atoms with Gasteiger partial charge < -0.3 is 5.11 Å². The second kappa shape index (κ2) is 7.44. The molecule has 1 saturated carbocycles. The SMILES string of the molecule is CCC1CCCN(C2CC(CC)CCC2C(=O)O)CC1. The first-order valence-electron chi connectivity index (χ1n) is 8.62. The van der Waals surface area contributed by atoms with Gasteiger partial charge in [0.15, 0.2) is 0 Å². The van der Waals surface area contributed by atoms with Crippen molar-refractivity contribution in [2.24, 2.45) is 17.8 Å². The molecule has 116 valence electrons. The molecule has 0 aromatic carbocycles. The second-order valence-electron chi connectivity index (χ2n) is 6.84. The van der Waals surface area contributed by atoms with Gasteiger partial charge in [-0.05, 0) is 63.5 Å². The number of carbonyl (C=O) groups is 1. The fourth-order valence-electron chi connectivity index (χ4n) is 4.22. The van der Waals surface area contributed by atoms with Gasteiger partial charge in [0, 0.05) is 6.04 Å². The van der Waals surface area contributed by atoms with Crippen LogP contribution in [0, 0.1) is 17.8 Å². The first-order chi connectivity index (χ1) is 9.65. The molecule has 0 bridgehead atoms. The fourth-order valence-corrected chi connectivity index (χ4v) is 4.22. The zero-order valence-corrected chi connectivity index (χ0v) is 13.2. The minimum Gasteiger partial charge on any atom is -0.481 e. The van der Waals surface area contributed by atoms with E-state index in [-0.39, 0.29) is 5.92 Å². The molecular formula is C17H31NO2. The van der Waals surface area contributed by atoms with Crippen molar-refractivity contribution in [1.82, 2.24) is 4.90 Å². The normalized spacial score (nSPS) is 36.5. The maximum Gasteiger partial charge on any atom is 0.308 e. The molecule has 1 saturated heterocycles. The molecule has 1 N–H and O–H groups in total. The third kappa shape index (κ3) is 3.75. The van der Waals surface area contributed by atoms with E-state index in [0.717, 1.165) is 44.2 Å². The Balaban J connectivity index is 2.03. The first-order valence-corrected chi connectivity index (χ1v) is 8.62. The summed E-state index contributed by atoms with van der Waals surface area (Å²) in [4.78, 5) is 14.1. The molecule has 1 aliphatic carbocycles. The highest BCUT2D eigenvalue weighted by molar-refractivity contribution is 5.71. The number of carboxylic acid groups (broad SMARTS) is 1. The number of hydrogen-bond acceptors (Lipinski definition) is 2.